The van der Waals surface area contributed by atoms with Gasteiger partial charge in [-0.3, -0.25) is 0 Å². The number of thiol groups is 1. The van der Waals surface area contributed by atoms with Crippen LogP contribution in [0.4, 0.5) is 5.69 Å². The number of nitrogen functional groups attached to an aromatic ring is 1. The van der Waals surface area contributed by atoms with Crippen LogP contribution in [0.2, 0.25) is 0 Å². The normalized spacial score (nSPS) is 10.9. The highest BCUT2D eigenvalue weighted by atomic mass is 32.2. The van der Waals surface area contributed by atoms with E-state index < -0.39 is 0 Å². The molecule has 68 valence electrons. The highest BCUT2D eigenvalue weighted by Crippen LogP contribution is 2.39. The molecular weight excluding hydrogens is 218 g/mol. The van der Waals surface area contributed by atoms with Crippen LogP contribution < -0.4 is 5.73 Å². The summed E-state index contributed by atoms with van der Waals surface area (Å²) < 4.78 is 2.51. The fourth-order valence-electron chi connectivity index (χ4n) is 1.22. The molecule has 0 aliphatic rings. The standard InChI is InChI=1S/C9H9NS3/c1-12-9-8(11)6-4-5(10)2-3-7(6)13-9/h2-4,11H,10H2,1H3. The quantitative estimate of drug-likeness (QED) is 0.443. The Morgan fingerprint density at radius 3 is 2.92 bits per heavy atom. The zero-order valence-electron chi connectivity index (χ0n) is 7.07. The molecular formula is C9H9NS3. The minimum absolute atomic E-state index is 0.799. The van der Waals surface area contributed by atoms with Gasteiger partial charge in [0.1, 0.15) is 0 Å². The van der Waals surface area contributed by atoms with Gasteiger partial charge in [-0.25, -0.2) is 0 Å². The summed E-state index contributed by atoms with van der Waals surface area (Å²) in [6, 6.07) is 5.96. The van der Waals surface area contributed by atoms with Crippen LogP contribution in [-0.4, -0.2) is 6.26 Å². The summed E-state index contributed by atoms with van der Waals surface area (Å²) >= 11 is 7.97. The maximum Gasteiger partial charge on any atom is 0.0742 e. The van der Waals surface area contributed by atoms with Crippen LogP contribution in [-0.2, 0) is 0 Å². The number of hydrogen-bond donors (Lipinski definition) is 2. The number of rotatable bonds is 1. The molecule has 0 aliphatic heterocycles. The third kappa shape index (κ3) is 1.54. The van der Waals surface area contributed by atoms with Gasteiger partial charge >= 0.3 is 0 Å². The second kappa shape index (κ2) is 3.44. The van der Waals surface area contributed by atoms with Crippen LogP contribution >= 0.6 is 35.7 Å². The van der Waals surface area contributed by atoms with Gasteiger partial charge in [-0.2, -0.15) is 0 Å². The second-order valence-electron chi connectivity index (χ2n) is 2.70. The molecule has 0 aliphatic carbocycles. The van der Waals surface area contributed by atoms with E-state index in [1.165, 1.54) is 8.91 Å². The van der Waals surface area contributed by atoms with Crippen LogP contribution in [0.1, 0.15) is 0 Å². The van der Waals surface area contributed by atoms with Crippen molar-refractivity contribution in [1.82, 2.24) is 0 Å². The fraction of sp³-hybridized carbons (Fsp3) is 0.111. The van der Waals surface area contributed by atoms with E-state index in [4.69, 9.17) is 5.73 Å². The van der Waals surface area contributed by atoms with E-state index in [1.807, 2.05) is 12.1 Å². The average Bonchev–Trinajstić information content (AvgIpc) is 2.44. The van der Waals surface area contributed by atoms with Crippen LogP contribution in [0, 0.1) is 0 Å². The van der Waals surface area contributed by atoms with Crippen LogP contribution in [0.25, 0.3) is 10.1 Å². The number of benzene rings is 1. The molecule has 2 N–H and O–H groups in total. The monoisotopic (exact) mass is 227 g/mol. The van der Waals surface area contributed by atoms with Crippen molar-refractivity contribution in [2.75, 3.05) is 12.0 Å². The predicted molar refractivity (Wildman–Crippen MR) is 65.3 cm³/mol. The first-order valence-corrected chi connectivity index (χ1v) is 6.26. The minimum atomic E-state index is 0.799. The van der Waals surface area contributed by atoms with E-state index in [0.717, 1.165) is 16.0 Å². The van der Waals surface area contributed by atoms with Crippen molar-refractivity contribution in [3.05, 3.63) is 18.2 Å². The van der Waals surface area contributed by atoms with Crippen LogP contribution in [0.3, 0.4) is 0 Å². The van der Waals surface area contributed by atoms with Gasteiger partial charge < -0.3 is 5.73 Å². The van der Waals surface area contributed by atoms with Crippen molar-refractivity contribution in [2.45, 2.75) is 9.10 Å². The van der Waals surface area contributed by atoms with Crippen LogP contribution in [0.5, 0.6) is 0 Å². The molecule has 1 aromatic heterocycles. The van der Waals surface area contributed by atoms with Gasteiger partial charge in [0.15, 0.2) is 0 Å². The summed E-state index contributed by atoms with van der Waals surface area (Å²) in [4.78, 5) is 1.06. The highest BCUT2D eigenvalue weighted by molar-refractivity contribution is 8.01. The zero-order chi connectivity index (χ0) is 9.42. The third-order valence-electron chi connectivity index (χ3n) is 1.84. The van der Waals surface area contributed by atoms with E-state index in [1.54, 1.807) is 23.1 Å². The van der Waals surface area contributed by atoms with Crippen molar-refractivity contribution in [3.8, 4) is 0 Å². The summed E-state index contributed by atoms with van der Waals surface area (Å²) in [5, 5.41) is 1.16. The Kier molecular flexibility index (Phi) is 2.45. The molecule has 4 heteroatoms. The van der Waals surface area contributed by atoms with Crippen LogP contribution in [0.15, 0.2) is 27.3 Å². The molecule has 0 amide bonds. The summed E-state index contributed by atoms with van der Waals surface area (Å²) in [5.74, 6) is 0. The number of nitrogens with two attached hydrogens (primary N) is 1. The minimum Gasteiger partial charge on any atom is -0.399 e. The molecule has 1 heterocycles. The summed E-state index contributed by atoms with van der Waals surface area (Å²) in [6.07, 6.45) is 2.06. The Balaban J connectivity index is 2.77. The first-order valence-electron chi connectivity index (χ1n) is 3.77. The predicted octanol–water partition coefficient (Wildman–Crippen LogP) is 3.49. The number of hydrogen-bond acceptors (Lipinski definition) is 4. The first-order chi connectivity index (χ1) is 6.22. The lowest BCUT2D eigenvalue weighted by Gasteiger charge is -1.93. The number of anilines is 1. The fourth-order valence-corrected chi connectivity index (χ4v) is 3.61. The smallest absolute Gasteiger partial charge is 0.0742 e. The maximum atomic E-state index is 5.71. The largest absolute Gasteiger partial charge is 0.399 e. The number of thiophene rings is 1. The van der Waals surface area contributed by atoms with Gasteiger partial charge in [0.2, 0.25) is 0 Å². The van der Waals surface area contributed by atoms with Crippen molar-refractivity contribution in [3.63, 3.8) is 0 Å². The lowest BCUT2D eigenvalue weighted by atomic mass is 10.2. The molecule has 0 bridgehead atoms. The zero-order valence-corrected chi connectivity index (χ0v) is 9.60. The molecule has 0 radical (unpaired) electrons. The summed E-state index contributed by atoms with van der Waals surface area (Å²) in [7, 11) is 0. The highest BCUT2D eigenvalue weighted by Gasteiger charge is 2.07. The number of thioether (sulfide) groups is 1. The van der Waals surface area contributed by atoms with Gasteiger partial charge in [0, 0.05) is 20.7 Å². The van der Waals surface area contributed by atoms with Crippen molar-refractivity contribution >= 4 is 51.5 Å². The summed E-state index contributed by atoms with van der Waals surface area (Å²) in [5.41, 5.74) is 6.51. The van der Waals surface area contributed by atoms with E-state index in [9.17, 15) is 0 Å². The lowest BCUT2D eigenvalue weighted by Crippen LogP contribution is -1.81. The van der Waals surface area contributed by atoms with E-state index in [2.05, 4.69) is 25.0 Å². The molecule has 1 aromatic carbocycles. The van der Waals surface area contributed by atoms with E-state index in [-0.39, 0.29) is 0 Å². The van der Waals surface area contributed by atoms with Gasteiger partial charge in [-0.05, 0) is 24.5 Å². The molecule has 2 rings (SSSR count). The third-order valence-corrected chi connectivity index (χ3v) is 4.90. The molecule has 0 unspecified atom stereocenters. The second-order valence-corrected chi connectivity index (χ2v) is 5.27. The van der Waals surface area contributed by atoms with Gasteiger partial charge in [0.05, 0.1) is 4.21 Å². The Hall–Kier alpha value is -0.320. The number of fused-ring (bicyclic) bond motifs is 1. The Morgan fingerprint density at radius 1 is 1.46 bits per heavy atom. The van der Waals surface area contributed by atoms with Gasteiger partial charge in [-0.1, -0.05) is 0 Å². The van der Waals surface area contributed by atoms with Crippen molar-refractivity contribution < 1.29 is 0 Å². The Labute approximate surface area is 90.7 Å². The Morgan fingerprint density at radius 2 is 2.23 bits per heavy atom. The molecule has 0 saturated heterocycles. The Bertz CT molecular complexity index is 447. The maximum absolute atomic E-state index is 5.71. The SMILES string of the molecule is CSc1sc2ccc(N)cc2c1S. The first kappa shape index (κ1) is 9.24. The molecule has 0 atom stereocenters. The molecule has 0 fully saturated rings. The lowest BCUT2D eigenvalue weighted by molar-refractivity contribution is 1.47. The van der Waals surface area contributed by atoms with Crippen molar-refractivity contribution in [1.29, 1.82) is 0 Å². The molecule has 13 heavy (non-hydrogen) atoms. The molecule has 2 aromatic rings. The molecule has 0 spiro atoms. The van der Waals surface area contributed by atoms with E-state index >= 15 is 0 Å². The molecule has 0 saturated carbocycles. The van der Waals surface area contributed by atoms with Crippen molar-refractivity contribution in [2.24, 2.45) is 0 Å². The topological polar surface area (TPSA) is 26.0 Å². The summed E-state index contributed by atoms with van der Waals surface area (Å²) in [6.45, 7) is 0. The molecule has 1 nitrogen and oxygen atoms in total. The average molecular weight is 227 g/mol. The van der Waals surface area contributed by atoms with E-state index in [0.29, 0.717) is 0 Å². The van der Waals surface area contributed by atoms with Gasteiger partial charge in [-0.15, -0.1) is 35.7 Å². The van der Waals surface area contributed by atoms with Gasteiger partial charge in [0.25, 0.3) is 0 Å².